The van der Waals surface area contributed by atoms with Crippen molar-refractivity contribution in [3.8, 4) is 0 Å². The maximum atomic E-state index is 4.64. The average molecular weight is 450 g/mol. The van der Waals surface area contributed by atoms with Crippen LogP contribution in [0.5, 0.6) is 0 Å². The number of halogens is 1. The molecule has 0 aliphatic rings. The van der Waals surface area contributed by atoms with E-state index in [1.54, 1.807) is 6.20 Å². The molecular formula is C17H35IN6. The van der Waals surface area contributed by atoms with Gasteiger partial charge in [-0.25, -0.2) is 4.98 Å². The molecule has 1 unspecified atom stereocenters. The molecule has 0 bridgehead atoms. The fraction of sp³-hybridized carbons (Fsp3) is 0.765. The Morgan fingerprint density at radius 3 is 2.62 bits per heavy atom. The Morgan fingerprint density at radius 1 is 1.29 bits per heavy atom. The molecule has 6 nitrogen and oxygen atoms in total. The first-order valence-electron chi connectivity index (χ1n) is 8.92. The molecule has 7 heteroatoms. The molecule has 1 aromatic heterocycles. The van der Waals surface area contributed by atoms with Gasteiger partial charge >= 0.3 is 0 Å². The number of rotatable bonds is 11. The third-order valence-electron chi connectivity index (χ3n) is 3.92. The number of nitrogens with one attached hydrogen (secondary N) is 2. The first kappa shape index (κ1) is 23.2. The lowest BCUT2D eigenvalue weighted by atomic mass is 10.2. The third kappa shape index (κ3) is 10.1. The number of hydrogen-bond donors (Lipinski definition) is 2. The Labute approximate surface area is 164 Å². The van der Waals surface area contributed by atoms with Crippen LogP contribution < -0.4 is 10.6 Å². The number of guanidine groups is 1. The quantitative estimate of drug-likeness (QED) is 0.309. The number of aromatic nitrogens is 2. The van der Waals surface area contributed by atoms with E-state index in [0.29, 0.717) is 6.04 Å². The molecule has 2 N–H and O–H groups in total. The van der Waals surface area contributed by atoms with Crippen molar-refractivity contribution in [1.29, 1.82) is 0 Å². The molecule has 1 aromatic rings. The van der Waals surface area contributed by atoms with Crippen molar-refractivity contribution in [2.24, 2.45) is 4.99 Å². The van der Waals surface area contributed by atoms with Crippen molar-refractivity contribution in [2.75, 3.05) is 32.7 Å². The smallest absolute Gasteiger partial charge is 0.191 e. The van der Waals surface area contributed by atoms with Gasteiger partial charge in [0.25, 0.3) is 0 Å². The highest BCUT2D eigenvalue weighted by Crippen LogP contribution is 1.99. The number of hydrogen-bond acceptors (Lipinski definition) is 3. The number of imidazole rings is 1. The summed E-state index contributed by atoms with van der Waals surface area (Å²) >= 11 is 0. The first-order valence-corrected chi connectivity index (χ1v) is 8.92. The molecule has 1 heterocycles. The Morgan fingerprint density at radius 2 is 2.04 bits per heavy atom. The summed E-state index contributed by atoms with van der Waals surface area (Å²) in [5, 5.41) is 6.82. The van der Waals surface area contributed by atoms with E-state index >= 15 is 0 Å². The highest BCUT2D eigenvalue weighted by Gasteiger charge is 2.06. The van der Waals surface area contributed by atoms with Gasteiger partial charge in [0.2, 0.25) is 0 Å². The minimum absolute atomic E-state index is 0. The van der Waals surface area contributed by atoms with Gasteiger partial charge in [-0.15, -0.1) is 24.0 Å². The number of nitrogens with zero attached hydrogens (tertiary/aromatic N) is 4. The average Bonchev–Trinajstić information content (AvgIpc) is 3.05. The van der Waals surface area contributed by atoms with E-state index in [0.717, 1.165) is 45.1 Å². The summed E-state index contributed by atoms with van der Waals surface area (Å²) in [6, 6.07) is 0.427. The molecule has 0 saturated heterocycles. The van der Waals surface area contributed by atoms with Crippen LogP contribution in [-0.4, -0.2) is 59.2 Å². The fourth-order valence-electron chi connectivity index (χ4n) is 2.48. The van der Waals surface area contributed by atoms with E-state index in [1.807, 2.05) is 17.1 Å². The van der Waals surface area contributed by atoms with Gasteiger partial charge in [0.15, 0.2) is 5.96 Å². The summed E-state index contributed by atoms with van der Waals surface area (Å²) < 4.78 is 2.04. The van der Waals surface area contributed by atoms with Gasteiger partial charge in [-0.3, -0.25) is 4.99 Å². The van der Waals surface area contributed by atoms with Crippen LogP contribution in [0, 0.1) is 0 Å². The molecule has 0 aromatic carbocycles. The second kappa shape index (κ2) is 14.5. The van der Waals surface area contributed by atoms with Crippen LogP contribution in [0.15, 0.2) is 23.7 Å². The highest BCUT2D eigenvalue weighted by molar-refractivity contribution is 14.0. The Balaban J connectivity index is 0.00000529. The van der Waals surface area contributed by atoms with Crippen molar-refractivity contribution >= 4 is 29.9 Å². The van der Waals surface area contributed by atoms with E-state index in [4.69, 9.17) is 0 Å². The summed E-state index contributed by atoms with van der Waals surface area (Å²) in [5.41, 5.74) is 0. The van der Waals surface area contributed by atoms with Crippen molar-refractivity contribution < 1.29 is 0 Å². The second-order valence-electron chi connectivity index (χ2n) is 5.78. The highest BCUT2D eigenvalue weighted by atomic mass is 127. The zero-order chi connectivity index (χ0) is 16.9. The van der Waals surface area contributed by atoms with Gasteiger partial charge in [0, 0.05) is 31.5 Å². The Bertz CT molecular complexity index is 417. The monoisotopic (exact) mass is 450 g/mol. The molecule has 24 heavy (non-hydrogen) atoms. The zero-order valence-electron chi connectivity index (χ0n) is 15.7. The minimum Gasteiger partial charge on any atom is -0.357 e. The predicted molar refractivity (Wildman–Crippen MR) is 113 cm³/mol. The van der Waals surface area contributed by atoms with Crippen molar-refractivity contribution in [2.45, 2.75) is 53.1 Å². The fourth-order valence-corrected chi connectivity index (χ4v) is 2.48. The SMILES string of the molecule is CCNC(=NCCn1ccnc1)NC(C)CCCN(CC)CC.I. The van der Waals surface area contributed by atoms with E-state index in [9.17, 15) is 0 Å². The lowest BCUT2D eigenvalue weighted by molar-refractivity contribution is 0.292. The molecule has 0 amide bonds. The van der Waals surface area contributed by atoms with Crippen LogP contribution in [-0.2, 0) is 6.54 Å². The molecule has 0 aliphatic carbocycles. The van der Waals surface area contributed by atoms with Crippen molar-refractivity contribution in [3.63, 3.8) is 0 Å². The van der Waals surface area contributed by atoms with Gasteiger partial charge in [0.1, 0.15) is 0 Å². The molecule has 1 rings (SSSR count). The van der Waals surface area contributed by atoms with Gasteiger partial charge in [-0.1, -0.05) is 13.8 Å². The Hall–Kier alpha value is -0.830. The largest absolute Gasteiger partial charge is 0.357 e. The summed E-state index contributed by atoms with van der Waals surface area (Å²) in [7, 11) is 0. The summed E-state index contributed by atoms with van der Waals surface area (Å²) in [6.07, 6.45) is 7.95. The van der Waals surface area contributed by atoms with Crippen LogP contribution in [0.1, 0.15) is 40.5 Å². The maximum Gasteiger partial charge on any atom is 0.191 e. The van der Waals surface area contributed by atoms with Crippen LogP contribution in [0.3, 0.4) is 0 Å². The molecular weight excluding hydrogens is 415 g/mol. The lowest BCUT2D eigenvalue weighted by Crippen LogP contribution is -2.42. The normalized spacial score (nSPS) is 12.8. The molecule has 1 atom stereocenters. The second-order valence-corrected chi connectivity index (χ2v) is 5.78. The van der Waals surface area contributed by atoms with E-state index in [2.05, 4.69) is 53.2 Å². The lowest BCUT2D eigenvalue weighted by Gasteiger charge is -2.21. The maximum absolute atomic E-state index is 4.64. The van der Waals surface area contributed by atoms with Crippen molar-refractivity contribution in [1.82, 2.24) is 25.1 Å². The van der Waals surface area contributed by atoms with Crippen LogP contribution in [0.25, 0.3) is 0 Å². The molecule has 0 saturated carbocycles. The Kier molecular flexibility index (Phi) is 14.0. The standard InChI is InChI=1S/C17H34N6.HI/c1-5-19-17(20-11-14-23-13-10-18-15-23)21-16(4)9-8-12-22(6-2)7-3;/h10,13,15-16H,5-9,11-12,14H2,1-4H3,(H2,19,20,21);1H. The first-order chi connectivity index (χ1) is 11.2. The molecule has 0 fully saturated rings. The van der Waals surface area contributed by atoms with E-state index in [1.165, 1.54) is 13.0 Å². The van der Waals surface area contributed by atoms with E-state index < -0.39 is 0 Å². The summed E-state index contributed by atoms with van der Waals surface area (Å²) in [4.78, 5) is 11.2. The topological polar surface area (TPSA) is 57.5 Å². The van der Waals surface area contributed by atoms with Crippen LogP contribution in [0.4, 0.5) is 0 Å². The molecule has 0 spiro atoms. The summed E-state index contributed by atoms with van der Waals surface area (Å²) in [5.74, 6) is 0.906. The van der Waals surface area contributed by atoms with Gasteiger partial charge < -0.3 is 20.1 Å². The van der Waals surface area contributed by atoms with Gasteiger partial charge in [-0.2, -0.15) is 0 Å². The zero-order valence-corrected chi connectivity index (χ0v) is 18.0. The van der Waals surface area contributed by atoms with Gasteiger partial charge in [0.05, 0.1) is 12.9 Å². The van der Waals surface area contributed by atoms with E-state index in [-0.39, 0.29) is 24.0 Å². The van der Waals surface area contributed by atoms with Crippen LogP contribution in [0.2, 0.25) is 0 Å². The predicted octanol–water partition coefficient (Wildman–Crippen LogP) is 2.57. The minimum atomic E-state index is 0. The summed E-state index contributed by atoms with van der Waals surface area (Å²) in [6.45, 7) is 14.7. The molecule has 0 aliphatic heterocycles. The third-order valence-corrected chi connectivity index (χ3v) is 3.92. The molecule has 140 valence electrons. The number of aliphatic imine (C=N–C) groups is 1. The van der Waals surface area contributed by atoms with Crippen molar-refractivity contribution in [3.05, 3.63) is 18.7 Å². The molecule has 0 radical (unpaired) electrons. The van der Waals surface area contributed by atoms with Crippen LogP contribution >= 0.6 is 24.0 Å². The van der Waals surface area contributed by atoms with Gasteiger partial charge in [-0.05, 0) is 46.3 Å².